The average Bonchev–Trinajstić information content (AvgIpc) is 3.35. The molecule has 1 aliphatic heterocycles. The zero-order valence-corrected chi connectivity index (χ0v) is 18.3. The molecule has 7 nitrogen and oxygen atoms in total. The highest BCUT2D eigenvalue weighted by Crippen LogP contribution is 2.43. The topological polar surface area (TPSA) is 91.9 Å². The number of hydrogen-bond donors (Lipinski definition) is 2. The Bertz CT molecular complexity index is 1210. The number of H-pyrrole nitrogens is 1. The van der Waals surface area contributed by atoms with E-state index in [0.717, 1.165) is 29.3 Å². The number of methoxy groups -OCH3 is 2. The van der Waals surface area contributed by atoms with Gasteiger partial charge in [-0.2, -0.15) is 0 Å². The van der Waals surface area contributed by atoms with Crippen LogP contribution in [0.2, 0.25) is 0 Å². The van der Waals surface area contributed by atoms with Crippen molar-refractivity contribution in [3.05, 3.63) is 65.4 Å². The molecule has 2 N–H and O–H groups in total. The van der Waals surface area contributed by atoms with Crippen molar-refractivity contribution in [2.45, 2.75) is 25.8 Å². The van der Waals surface area contributed by atoms with Gasteiger partial charge in [0.15, 0.2) is 0 Å². The number of rotatable bonds is 7. The number of amides is 1. The molecular weight excluding hydrogens is 408 g/mol. The highest BCUT2D eigenvalue weighted by molar-refractivity contribution is 6.46. The molecule has 0 aliphatic carbocycles. The Morgan fingerprint density at radius 2 is 1.91 bits per heavy atom. The van der Waals surface area contributed by atoms with Gasteiger partial charge in [0.1, 0.15) is 17.3 Å². The Kier molecular flexibility index (Phi) is 5.90. The number of para-hydroxylation sites is 1. The number of carbonyl (C=O) groups is 2. The fraction of sp³-hybridized carbons (Fsp3) is 0.280. The van der Waals surface area contributed by atoms with Gasteiger partial charge in [0.05, 0.1) is 31.4 Å². The summed E-state index contributed by atoms with van der Waals surface area (Å²) in [6.07, 6.45) is 3.42. The summed E-state index contributed by atoms with van der Waals surface area (Å²) < 4.78 is 10.7. The highest BCUT2D eigenvalue weighted by Gasteiger charge is 2.46. The molecule has 2 aromatic carbocycles. The highest BCUT2D eigenvalue weighted by atomic mass is 16.5. The van der Waals surface area contributed by atoms with E-state index in [9.17, 15) is 14.7 Å². The molecule has 1 aliphatic rings. The smallest absolute Gasteiger partial charge is 0.295 e. The van der Waals surface area contributed by atoms with Crippen molar-refractivity contribution in [3.8, 4) is 11.5 Å². The van der Waals surface area contributed by atoms with Crippen LogP contribution in [0.4, 0.5) is 0 Å². The van der Waals surface area contributed by atoms with Crippen LogP contribution in [0, 0.1) is 0 Å². The first-order valence-electron chi connectivity index (χ1n) is 10.6. The number of aromatic amines is 1. The van der Waals surface area contributed by atoms with E-state index in [0.29, 0.717) is 23.6 Å². The van der Waals surface area contributed by atoms with E-state index in [1.54, 1.807) is 29.3 Å². The summed E-state index contributed by atoms with van der Waals surface area (Å²) in [5, 5.41) is 12.2. The summed E-state index contributed by atoms with van der Waals surface area (Å²) in [7, 11) is 3.01. The number of nitrogens with one attached hydrogen (secondary N) is 1. The van der Waals surface area contributed by atoms with Gasteiger partial charge in [-0.3, -0.25) is 9.59 Å². The number of likely N-dealkylation sites (tertiary alicyclic amines) is 1. The molecular formula is C25H26N2O5. The number of unbranched alkanes of at least 4 members (excludes halogenated alkanes) is 1. The predicted octanol–water partition coefficient (Wildman–Crippen LogP) is 4.41. The summed E-state index contributed by atoms with van der Waals surface area (Å²) in [6.45, 7) is 2.45. The number of aliphatic hydroxyl groups is 1. The van der Waals surface area contributed by atoms with Gasteiger partial charge in [0, 0.05) is 35.3 Å². The molecule has 0 radical (unpaired) electrons. The summed E-state index contributed by atoms with van der Waals surface area (Å²) in [4.78, 5) is 31.0. The Balaban J connectivity index is 1.94. The quantitative estimate of drug-likeness (QED) is 0.327. The standard InChI is InChI=1S/C25H26N2O5/c1-4-5-12-27-22(18-14-26-19-9-7-6-8-16(18)19)21(24(29)25(27)30)23(28)17-11-10-15(31-2)13-20(17)32-3/h6-11,13-14,22,26,28H,4-5,12H2,1-3H3/b23-21+. The molecule has 1 aromatic heterocycles. The number of ketones is 1. The molecule has 0 bridgehead atoms. The molecule has 0 spiro atoms. The first-order chi connectivity index (χ1) is 15.5. The number of aliphatic hydroxyl groups excluding tert-OH is 1. The molecule has 1 saturated heterocycles. The van der Waals surface area contributed by atoms with Crippen molar-refractivity contribution in [1.29, 1.82) is 0 Å². The molecule has 1 atom stereocenters. The first kappa shape index (κ1) is 21.5. The maximum atomic E-state index is 13.2. The van der Waals surface area contributed by atoms with Crippen LogP contribution in [0.1, 0.15) is 36.9 Å². The molecule has 4 rings (SSSR count). The van der Waals surface area contributed by atoms with Gasteiger partial charge in [-0.1, -0.05) is 31.5 Å². The van der Waals surface area contributed by atoms with Gasteiger partial charge in [0.25, 0.3) is 11.7 Å². The van der Waals surface area contributed by atoms with Crippen molar-refractivity contribution in [2.24, 2.45) is 0 Å². The molecule has 7 heteroatoms. The number of benzene rings is 2. The third-order valence-electron chi connectivity index (χ3n) is 5.87. The normalized spacial score (nSPS) is 17.8. The first-order valence-corrected chi connectivity index (χ1v) is 10.6. The van der Waals surface area contributed by atoms with E-state index in [4.69, 9.17) is 9.47 Å². The van der Waals surface area contributed by atoms with E-state index in [1.165, 1.54) is 14.2 Å². The maximum Gasteiger partial charge on any atom is 0.295 e. The van der Waals surface area contributed by atoms with Crippen molar-refractivity contribution in [1.82, 2.24) is 9.88 Å². The van der Waals surface area contributed by atoms with Crippen LogP contribution < -0.4 is 9.47 Å². The van der Waals surface area contributed by atoms with Gasteiger partial charge in [-0.25, -0.2) is 0 Å². The van der Waals surface area contributed by atoms with Crippen LogP contribution in [-0.4, -0.2) is 47.4 Å². The second-order valence-corrected chi connectivity index (χ2v) is 7.70. The Labute approximate surface area is 186 Å². The lowest BCUT2D eigenvalue weighted by atomic mass is 9.94. The molecule has 1 amide bonds. The summed E-state index contributed by atoms with van der Waals surface area (Å²) >= 11 is 0. The third kappa shape index (κ3) is 3.49. The van der Waals surface area contributed by atoms with Crippen LogP contribution in [0.5, 0.6) is 11.5 Å². The van der Waals surface area contributed by atoms with Crippen LogP contribution in [0.15, 0.2) is 54.2 Å². The summed E-state index contributed by atoms with van der Waals surface area (Å²) in [5.74, 6) is -0.680. The number of Topliss-reactive ketones (excluding diaryl/α,β-unsaturated/α-hetero) is 1. The second-order valence-electron chi connectivity index (χ2n) is 7.70. The average molecular weight is 434 g/mol. The number of ether oxygens (including phenoxy) is 2. The monoisotopic (exact) mass is 434 g/mol. The molecule has 1 fully saturated rings. The van der Waals surface area contributed by atoms with Gasteiger partial charge >= 0.3 is 0 Å². The van der Waals surface area contributed by atoms with Gasteiger partial charge in [0.2, 0.25) is 0 Å². The Morgan fingerprint density at radius 3 is 2.62 bits per heavy atom. The molecule has 0 saturated carbocycles. The van der Waals surface area contributed by atoms with Gasteiger partial charge in [-0.15, -0.1) is 0 Å². The largest absolute Gasteiger partial charge is 0.507 e. The lowest BCUT2D eigenvalue weighted by Gasteiger charge is -2.25. The number of hydrogen-bond acceptors (Lipinski definition) is 5. The van der Waals surface area contributed by atoms with Crippen LogP contribution in [0.3, 0.4) is 0 Å². The SMILES string of the molecule is CCCCN1C(=O)C(=O)/C(=C(/O)c2ccc(OC)cc2OC)C1c1c[nH]c2ccccc12. The Morgan fingerprint density at radius 1 is 1.12 bits per heavy atom. The number of aromatic nitrogens is 1. The van der Waals surface area contributed by atoms with E-state index in [-0.39, 0.29) is 11.3 Å². The van der Waals surface area contributed by atoms with Crippen LogP contribution in [0.25, 0.3) is 16.7 Å². The van der Waals surface area contributed by atoms with E-state index in [1.807, 2.05) is 31.2 Å². The van der Waals surface area contributed by atoms with Gasteiger partial charge in [-0.05, 0) is 24.6 Å². The third-order valence-corrected chi connectivity index (χ3v) is 5.87. The lowest BCUT2D eigenvalue weighted by Crippen LogP contribution is -2.30. The summed E-state index contributed by atoms with van der Waals surface area (Å²) in [6, 6.07) is 11.9. The van der Waals surface area contributed by atoms with Crippen molar-refractivity contribution >= 4 is 28.4 Å². The minimum absolute atomic E-state index is 0.0549. The zero-order chi connectivity index (χ0) is 22.8. The fourth-order valence-electron chi connectivity index (χ4n) is 4.22. The van der Waals surface area contributed by atoms with Crippen LogP contribution >= 0.6 is 0 Å². The van der Waals surface area contributed by atoms with Crippen molar-refractivity contribution in [2.75, 3.05) is 20.8 Å². The van der Waals surface area contributed by atoms with E-state index in [2.05, 4.69) is 4.98 Å². The number of nitrogens with zero attached hydrogens (tertiary/aromatic N) is 1. The molecule has 1 unspecified atom stereocenters. The molecule has 166 valence electrons. The molecule has 2 heterocycles. The van der Waals surface area contributed by atoms with Crippen LogP contribution in [-0.2, 0) is 9.59 Å². The van der Waals surface area contributed by atoms with Gasteiger partial charge < -0.3 is 24.5 Å². The van der Waals surface area contributed by atoms with Crippen molar-refractivity contribution in [3.63, 3.8) is 0 Å². The second kappa shape index (κ2) is 8.78. The minimum atomic E-state index is -0.704. The maximum absolute atomic E-state index is 13.2. The summed E-state index contributed by atoms with van der Waals surface area (Å²) in [5.41, 5.74) is 2.04. The van der Waals surface area contributed by atoms with Crippen molar-refractivity contribution < 1.29 is 24.2 Å². The molecule has 32 heavy (non-hydrogen) atoms. The predicted molar refractivity (Wildman–Crippen MR) is 122 cm³/mol. The number of fused-ring (bicyclic) bond motifs is 1. The molecule has 3 aromatic rings. The zero-order valence-electron chi connectivity index (χ0n) is 18.3. The van der Waals surface area contributed by atoms with E-state index >= 15 is 0 Å². The fourth-order valence-corrected chi connectivity index (χ4v) is 4.22. The minimum Gasteiger partial charge on any atom is -0.507 e. The lowest BCUT2D eigenvalue weighted by molar-refractivity contribution is -0.139. The Hall–Kier alpha value is -3.74. The van der Waals surface area contributed by atoms with E-state index < -0.39 is 17.7 Å². The number of carbonyl (C=O) groups excluding carboxylic acids is 2.